The number of rotatable bonds is 5. The minimum atomic E-state index is -0.483. The van der Waals surface area contributed by atoms with Gasteiger partial charge in [0.25, 0.3) is 0 Å². The molecule has 3 nitrogen and oxygen atoms in total. The first-order chi connectivity index (χ1) is 9.08. The first-order valence-electron chi connectivity index (χ1n) is 6.74. The van der Waals surface area contributed by atoms with Gasteiger partial charge in [0, 0.05) is 23.2 Å². The Balaban J connectivity index is 2.30. The fourth-order valence-electron chi connectivity index (χ4n) is 2.11. The van der Waals surface area contributed by atoms with E-state index in [1.54, 1.807) is 0 Å². The predicted molar refractivity (Wildman–Crippen MR) is 77.3 cm³/mol. The number of ether oxygens (including phenoxy) is 1. The lowest BCUT2D eigenvalue weighted by molar-refractivity contribution is 0.310. The maximum Gasteiger partial charge on any atom is 0.121 e. The molecule has 0 aliphatic heterocycles. The number of fused-ring (bicyclic) bond motifs is 1. The van der Waals surface area contributed by atoms with Gasteiger partial charge in [-0.25, -0.2) is 0 Å². The summed E-state index contributed by atoms with van der Waals surface area (Å²) in [4.78, 5) is 3.23. The minimum Gasteiger partial charge on any atom is -0.494 e. The molecule has 0 radical (unpaired) electrons. The van der Waals surface area contributed by atoms with Crippen molar-refractivity contribution in [3.63, 3.8) is 0 Å². The molecule has 0 aliphatic rings. The predicted octanol–water partition coefficient (Wildman–Crippen LogP) is 4.15. The molecule has 2 aromatic rings. The quantitative estimate of drug-likeness (QED) is 0.817. The number of H-pyrrole nitrogens is 1. The zero-order valence-corrected chi connectivity index (χ0v) is 11.8. The van der Waals surface area contributed by atoms with E-state index in [4.69, 9.17) is 4.74 Å². The van der Waals surface area contributed by atoms with Crippen molar-refractivity contribution in [2.24, 2.45) is 0 Å². The number of nitrogens with one attached hydrogen (secondary N) is 1. The number of hydrogen-bond acceptors (Lipinski definition) is 2. The number of nitrogens with zero attached hydrogens (tertiary/aromatic N) is 1. The van der Waals surface area contributed by atoms with Crippen LogP contribution in [0.3, 0.4) is 0 Å². The number of hydrogen-bond donors (Lipinski definition) is 1. The molecule has 0 spiro atoms. The van der Waals surface area contributed by atoms with Gasteiger partial charge in [-0.1, -0.05) is 13.3 Å². The van der Waals surface area contributed by atoms with Crippen LogP contribution in [-0.4, -0.2) is 11.6 Å². The molecular formula is C16H20N2O. The Kier molecular flexibility index (Phi) is 3.80. The molecule has 0 aliphatic carbocycles. The third-order valence-corrected chi connectivity index (χ3v) is 3.37. The third-order valence-electron chi connectivity index (χ3n) is 3.37. The Morgan fingerprint density at radius 1 is 1.37 bits per heavy atom. The molecule has 3 heteroatoms. The van der Waals surface area contributed by atoms with Gasteiger partial charge in [-0.3, -0.25) is 0 Å². The Hall–Kier alpha value is -1.95. The van der Waals surface area contributed by atoms with Crippen LogP contribution in [0.2, 0.25) is 0 Å². The fraction of sp³-hybridized carbons (Fsp3) is 0.438. The monoisotopic (exact) mass is 256 g/mol. The second-order valence-corrected chi connectivity index (χ2v) is 5.35. The molecule has 0 unspecified atom stereocenters. The van der Waals surface area contributed by atoms with Crippen molar-refractivity contribution in [2.75, 3.05) is 6.61 Å². The number of benzene rings is 1. The zero-order chi connectivity index (χ0) is 13.9. The highest BCUT2D eigenvalue weighted by Gasteiger charge is 2.23. The number of aromatic nitrogens is 1. The molecule has 0 fully saturated rings. The van der Waals surface area contributed by atoms with Gasteiger partial charge in [0.05, 0.1) is 18.1 Å². The summed E-state index contributed by atoms with van der Waals surface area (Å²) in [5.41, 5.74) is 1.57. The number of unbranched alkanes of at least 4 members (excludes halogenated alkanes) is 1. The lowest BCUT2D eigenvalue weighted by Crippen LogP contribution is -2.12. The van der Waals surface area contributed by atoms with Gasteiger partial charge in [0.15, 0.2) is 0 Å². The molecule has 1 heterocycles. The summed E-state index contributed by atoms with van der Waals surface area (Å²) in [6, 6.07) is 8.35. The molecule has 19 heavy (non-hydrogen) atoms. The molecule has 0 amide bonds. The summed E-state index contributed by atoms with van der Waals surface area (Å²) in [5.74, 6) is 0.879. The zero-order valence-electron chi connectivity index (χ0n) is 11.8. The topological polar surface area (TPSA) is 48.8 Å². The minimum absolute atomic E-state index is 0.483. The average Bonchev–Trinajstić information content (AvgIpc) is 2.83. The third kappa shape index (κ3) is 2.73. The van der Waals surface area contributed by atoms with Gasteiger partial charge >= 0.3 is 0 Å². The molecule has 0 saturated carbocycles. The molecular weight excluding hydrogens is 236 g/mol. The van der Waals surface area contributed by atoms with Crippen molar-refractivity contribution in [2.45, 2.75) is 39.0 Å². The highest BCUT2D eigenvalue weighted by molar-refractivity contribution is 5.85. The van der Waals surface area contributed by atoms with Crippen LogP contribution in [-0.2, 0) is 5.41 Å². The van der Waals surface area contributed by atoms with Gasteiger partial charge in [-0.2, -0.15) is 5.26 Å². The summed E-state index contributed by atoms with van der Waals surface area (Å²) >= 11 is 0. The van der Waals surface area contributed by atoms with E-state index in [0.29, 0.717) is 0 Å². The van der Waals surface area contributed by atoms with E-state index in [0.717, 1.165) is 41.7 Å². The van der Waals surface area contributed by atoms with E-state index in [2.05, 4.69) is 18.0 Å². The van der Waals surface area contributed by atoms with E-state index in [-0.39, 0.29) is 0 Å². The van der Waals surface area contributed by atoms with Crippen molar-refractivity contribution in [1.82, 2.24) is 4.98 Å². The molecule has 0 atom stereocenters. The molecule has 2 rings (SSSR count). The Morgan fingerprint density at radius 2 is 2.16 bits per heavy atom. The van der Waals surface area contributed by atoms with Gasteiger partial charge in [0.1, 0.15) is 5.75 Å². The Labute approximate surface area is 114 Å². The maximum absolute atomic E-state index is 9.23. The molecule has 0 saturated heterocycles. The summed E-state index contributed by atoms with van der Waals surface area (Å²) in [5, 5.41) is 10.3. The van der Waals surface area contributed by atoms with Crippen LogP contribution in [0.25, 0.3) is 10.9 Å². The van der Waals surface area contributed by atoms with Crippen molar-refractivity contribution < 1.29 is 4.74 Å². The summed E-state index contributed by atoms with van der Waals surface area (Å²) in [7, 11) is 0. The van der Waals surface area contributed by atoms with Gasteiger partial charge < -0.3 is 9.72 Å². The van der Waals surface area contributed by atoms with Crippen LogP contribution in [0, 0.1) is 11.3 Å². The number of aromatic amines is 1. The largest absolute Gasteiger partial charge is 0.494 e. The smallest absolute Gasteiger partial charge is 0.121 e. The standard InChI is InChI=1S/C16H20N2O/c1-4-5-8-19-12-6-7-13-14(16(2,3)11-17)10-18-15(13)9-12/h6-7,9-10,18H,4-5,8H2,1-3H3. The van der Waals surface area contributed by atoms with E-state index in [1.165, 1.54) is 0 Å². The molecule has 1 aromatic heterocycles. The lowest BCUT2D eigenvalue weighted by atomic mass is 9.86. The van der Waals surface area contributed by atoms with Crippen LogP contribution >= 0.6 is 0 Å². The van der Waals surface area contributed by atoms with Crippen molar-refractivity contribution in [1.29, 1.82) is 5.26 Å². The summed E-state index contributed by atoms with van der Waals surface area (Å²) in [6.45, 7) is 6.76. The molecule has 1 aromatic carbocycles. The van der Waals surface area contributed by atoms with Crippen molar-refractivity contribution >= 4 is 10.9 Å². The first kappa shape index (κ1) is 13.5. The average molecular weight is 256 g/mol. The van der Waals surface area contributed by atoms with Gasteiger partial charge in [0.2, 0.25) is 0 Å². The van der Waals surface area contributed by atoms with Crippen LogP contribution in [0.5, 0.6) is 5.75 Å². The Morgan fingerprint density at radius 3 is 2.84 bits per heavy atom. The second-order valence-electron chi connectivity index (χ2n) is 5.35. The highest BCUT2D eigenvalue weighted by Crippen LogP contribution is 2.31. The summed E-state index contributed by atoms with van der Waals surface area (Å²) in [6.07, 6.45) is 4.12. The van der Waals surface area contributed by atoms with Crippen LogP contribution in [0.1, 0.15) is 39.2 Å². The van der Waals surface area contributed by atoms with E-state index in [1.807, 2.05) is 38.2 Å². The molecule has 0 bridgehead atoms. The first-order valence-corrected chi connectivity index (χ1v) is 6.74. The SMILES string of the molecule is CCCCOc1ccc2c(C(C)(C)C#N)c[nH]c2c1. The normalized spacial score (nSPS) is 11.5. The summed E-state index contributed by atoms with van der Waals surface area (Å²) < 4.78 is 5.69. The Bertz CT molecular complexity index is 605. The molecule has 1 N–H and O–H groups in total. The van der Waals surface area contributed by atoms with E-state index < -0.39 is 5.41 Å². The van der Waals surface area contributed by atoms with E-state index >= 15 is 0 Å². The number of nitriles is 1. The maximum atomic E-state index is 9.23. The lowest BCUT2D eigenvalue weighted by Gasteiger charge is -2.14. The van der Waals surface area contributed by atoms with Crippen LogP contribution in [0.15, 0.2) is 24.4 Å². The highest BCUT2D eigenvalue weighted by atomic mass is 16.5. The molecule has 100 valence electrons. The fourth-order valence-corrected chi connectivity index (χ4v) is 2.11. The van der Waals surface area contributed by atoms with Crippen molar-refractivity contribution in [3.05, 3.63) is 30.0 Å². The van der Waals surface area contributed by atoms with E-state index in [9.17, 15) is 5.26 Å². The van der Waals surface area contributed by atoms with Crippen molar-refractivity contribution in [3.8, 4) is 11.8 Å². The van der Waals surface area contributed by atoms with Crippen LogP contribution < -0.4 is 4.74 Å². The van der Waals surface area contributed by atoms with Crippen LogP contribution in [0.4, 0.5) is 0 Å². The van der Waals surface area contributed by atoms with Gasteiger partial charge in [-0.05, 0) is 38.0 Å². The van der Waals surface area contributed by atoms with Gasteiger partial charge in [-0.15, -0.1) is 0 Å². The second kappa shape index (κ2) is 5.36.